The lowest BCUT2D eigenvalue weighted by molar-refractivity contribution is -0.129. The molecule has 2 fully saturated rings. The van der Waals surface area contributed by atoms with Crippen molar-refractivity contribution in [3.05, 3.63) is 59.5 Å². The summed E-state index contributed by atoms with van der Waals surface area (Å²) in [7, 11) is 0. The molecule has 1 aliphatic heterocycles. The number of benzene rings is 1. The van der Waals surface area contributed by atoms with Crippen LogP contribution < -0.4 is 5.32 Å². The van der Waals surface area contributed by atoms with E-state index in [2.05, 4.69) is 10.2 Å². The average molecular weight is 410 g/mol. The van der Waals surface area contributed by atoms with Gasteiger partial charge >= 0.3 is 0 Å². The van der Waals surface area contributed by atoms with E-state index >= 15 is 0 Å². The second kappa shape index (κ2) is 9.47. The molecular formula is C24H31N3O3. The van der Waals surface area contributed by atoms with Crippen LogP contribution in [0.4, 0.5) is 0 Å². The maximum absolute atomic E-state index is 13.1. The highest BCUT2D eigenvalue weighted by atomic mass is 16.3. The highest BCUT2D eigenvalue weighted by Gasteiger charge is 2.37. The van der Waals surface area contributed by atoms with Gasteiger partial charge in [0.05, 0.1) is 18.8 Å². The third-order valence-corrected chi connectivity index (χ3v) is 6.50. The Balaban J connectivity index is 1.39. The molecule has 1 atom stereocenters. The molecule has 160 valence electrons. The Morgan fingerprint density at radius 2 is 1.80 bits per heavy atom. The van der Waals surface area contributed by atoms with Gasteiger partial charge < -0.3 is 14.6 Å². The number of hydrogen-bond acceptors (Lipinski definition) is 4. The molecular weight excluding hydrogens is 378 g/mol. The number of hydrogen-bond donors (Lipinski definition) is 1. The van der Waals surface area contributed by atoms with Gasteiger partial charge in [0, 0.05) is 31.7 Å². The van der Waals surface area contributed by atoms with Crippen LogP contribution in [-0.4, -0.2) is 53.8 Å². The molecule has 0 bridgehead atoms. The van der Waals surface area contributed by atoms with E-state index < -0.39 is 0 Å². The topological polar surface area (TPSA) is 65.8 Å². The number of furan rings is 1. The van der Waals surface area contributed by atoms with Crippen LogP contribution in [-0.2, 0) is 11.3 Å². The standard InChI is InChI=1S/C24H31N3O3/c1-18-7-2-5-11-21(18)24(29)27-14-12-26(13-15-27)22(19-8-3-4-9-19)23(28)25-17-20-10-6-16-30-20/h2,5-7,10-11,16,19,22H,3-4,8-9,12-15,17H2,1H3,(H,25,28). The van der Waals surface area contributed by atoms with Crippen molar-refractivity contribution in [1.82, 2.24) is 15.1 Å². The van der Waals surface area contributed by atoms with E-state index in [1.807, 2.05) is 48.2 Å². The van der Waals surface area contributed by atoms with Gasteiger partial charge in [-0.15, -0.1) is 0 Å². The Morgan fingerprint density at radius 1 is 1.07 bits per heavy atom. The van der Waals surface area contributed by atoms with Crippen molar-refractivity contribution in [1.29, 1.82) is 0 Å². The normalized spacial score (nSPS) is 19.0. The third-order valence-electron chi connectivity index (χ3n) is 6.50. The van der Waals surface area contributed by atoms with Gasteiger partial charge in [0.15, 0.2) is 0 Å². The lowest BCUT2D eigenvalue weighted by atomic mass is 9.95. The minimum absolute atomic E-state index is 0.0805. The molecule has 2 aromatic rings. The molecule has 30 heavy (non-hydrogen) atoms. The summed E-state index contributed by atoms with van der Waals surface area (Å²) in [5.74, 6) is 1.33. The summed E-state index contributed by atoms with van der Waals surface area (Å²) in [6, 6.07) is 11.3. The summed E-state index contributed by atoms with van der Waals surface area (Å²) >= 11 is 0. The largest absolute Gasteiger partial charge is 0.467 e. The first-order valence-corrected chi connectivity index (χ1v) is 11.0. The second-order valence-corrected chi connectivity index (χ2v) is 8.43. The van der Waals surface area contributed by atoms with E-state index in [9.17, 15) is 9.59 Å². The van der Waals surface area contributed by atoms with Crippen molar-refractivity contribution < 1.29 is 14.0 Å². The second-order valence-electron chi connectivity index (χ2n) is 8.43. The molecule has 1 aromatic heterocycles. The van der Waals surface area contributed by atoms with Gasteiger partial charge in [-0.3, -0.25) is 14.5 Å². The molecule has 1 unspecified atom stereocenters. The molecule has 0 radical (unpaired) electrons. The molecule has 4 rings (SSSR count). The van der Waals surface area contributed by atoms with Gasteiger partial charge in [-0.2, -0.15) is 0 Å². The zero-order valence-corrected chi connectivity index (χ0v) is 17.7. The fourth-order valence-electron chi connectivity index (χ4n) is 4.83. The first-order valence-electron chi connectivity index (χ1n) is 11.0. The Kier molecular flexibility index (Phi) is 6.53. The van der Waals surface area contributed by atoms with Crippen LogP contribution in [0.2, 0.25) is 0 Å². The molecule has 1 aromatic carbocycles. The summed E-state index contributed by atoms with van der Waals surface area (Å²) < 4.78 is 5.35. The maximum Gasteiger partial charge on any atom is 0.254 e. The predicted octanol–water partition coefficient (Wildman–Crippen LogP) is 3.22. The van der Waals surface area contributed by atoms with Crippen LogP contribution in [0.5, 0.6) is 0 Å². The van der Waals surface area contributed by atoms with Gasteiger partial charge in [-0.05, 0) is 49.4 Å². The number of nitrogens with zero attached hydrogens (tertiary/aromatic N) is 2. The van der Waals surface area contributed by atoms with Gasteiger partial charge in [0.1, 0.15) is 5.76 Å². The minimum Gasteiger partial charge on any atom is -0.467 e. The van der Waals surface area contributed by atoms with Gasteiger partial charge in [0.25, 0.3) is 5.91 Å². The monoisotopic (exact) mass is 409 g/mol. The lowest BCUT2D eigenvalue weighted by Gasteiger charge is -2.40. The number of amides is 2. The SMILES string of the molecule is Cc1ccccc1C(=O)N1CCN(C(C(=O)NCc2ccco2)C2CCCC2)CC1. The summed E-state index contributed by atoms with van der Waals surface area (Å²) in [5.41, 5.74) is 1.78. The van der Waals surface area contributed by atoms with Crippen molar-refractivity contribution in [2.24, 2.45) is 5.92 Å². The summed E-state index contributed by atoms with van der Waals surface area (Å²) in [6.07, 6.45) is 6.21. The number of aryl methyl sites for hydroxylation is 1. The molecule has 0 spiro atoms. The average Bonchev–Trinajstić information content (AvgIpc) is 3.47. The zero-order valence-electron chi connectivity index (χ0n) is 17.7. The van der Waals surface area contributed by atoms with Crippen molar-refractivity contribution in [3.8, 4) is 0 Å². The van der Waals surface area contributed by atoms with E-state index in [0.29, 0.717) is 25.6 Å². The summed E-state index contributed by atoms with van der Waals surface area (Å²) in [4.78, 5) is 30.3. The van der Waals surface area contributed by atoms with Crippen LogP contribution in [0.1, 0.15) is 47.4 Å². The smallest absolute Gasteiger partial charge is 0.254 e. The zero-order chi connectivity index (χ0) is 20.9. The first-order chi connectivity index (χ1) is 14.6. The Bertz CT molecular complexity index is 850. The Hall–Kier alpha value is -2.60. The number of rotatable bonds is 6. The highest BCUT2D eigenvalue weighted by molar-refractivity contribution is 5.95. The van der Waals surface area contributed by atoms with E-state index in [1.165, 1.54) is 12.8 Å². The van der Waals surface area contributed by atoms with Crippen LogP contribution in [0.25, 0.3) is 0 Å². The maximum atomic E-state index is 13.1. The quantitative estimate of drug-likeness (QED) is 0.796. The van der Waals surface area contributed by atoms with E-state index in [4.69, 9.17) is 4.42 Å². The number of piperazine rings is 1. The molecule has 1 saturated carbocycles. The molecule has 6 heteroatoms. The van der Waals surface area contributed by atoms with Crippen molar-refractivity contribution in [3.63, 3.8) is 0 Å². The fraction of sp³-hybridized carbons (Fsp3) is 0.500. The molecule has 2 heterocycles. The van der Waals surface area contributed by atoms with Crippen LogP contribution in [0.15, 0.2) is 47.1 Å². The first kappa shape index (κ1) is 20.7. The Morgan fingerprint density at radius 3 is 2.47 bits per heavy atom. The lowest BCUT2D eigenvalue weighted by Crippen LogP contribution is -2.57. The van der Waals surface area contributed by atoms with Gasteiger partial charge in [-0.1, -0.05) is 31.0 Å². The molecule has 6 nitrogen and oxygen atoms in total. The Labute approximate surface area is 178 Å². The molecule has 1 N–H and O–H groups in total. The fourth-order valence-corrected chi connectivity index (χ4v) is 4.83. The number of carbonyl (C=O) groups is 2. The van der Waals surface area contributed by atoms with E-state index in [-0.39, 0.29) is 17.9 Å². The number of nitrogens with one attached hydrogen (secondary N) is 1. The molecule has 1 aliphatic carbocycles. The summed E-state index contributed by atoms with van der Waals surface area (Å²) in [5, 5.41) is 3.07. The van der Waals surface area contributed by atoms with Crippen LogP contribution in [0, 0.1) is 12.8 Å². The molecule has 1 saturated heterocycles. The highest BCUT2D eigenvalue weighted by Crippen LogP contribution is 2.31. The van der Waals surface area contributed by atoms with Crippen LogP contribution in [0.3, 0.4) is 0 Å². The molecule has 2 amide bonds. The minimum atomic E-state index is -0.127. The van der Waals surface area contributed by atoms with Crippen molar-refractivity contribution in [2.45, 2.75) is 45.2 Å². The third kappa shape index (κ3) is 4.59. The van der Waals surface area contributed by atoms with Gasteiger partial charge in [-0.25, -0.2) is 0 Å². The van der Waals surface area contributed by atoms with E-state index in [0.717, 1.165) is 42.8 Å². The van der Waals surface area contributed by atoms with Crippen LogP contribution >= 0.6 is 0 Å². The predicted molar refractivity (Wildman–Crippen MR) is 115 cm³/mol. The molecule has 2 aliphatic rings. The van der Waals surface area contributed by atoms with E-state index in [1.54, 1.807) is 6.26 Å². The van der Waals surface area contributed by atoms with Gasteiger partial charge in [0.2, 0.25) is 5.91 Å². The summed E-state index contributed by atoms with van der Waals surface area (Å²) in [6.45, 7) is 5.16. The van der Waals surface area contributed by atoms with Crippen molar-refractivity contribution >= 4 is 11.8 Å². The number of carbonyl (C=O) groups excluding carboxylic acids is 2. The van der Waals surface area contributed by atoms with Crippen molar-refractivity contribution in [2.75, 3.05) is 26.2 Å².